The van der Waals surface area contributed by atoms with Gasteiger partial charge in [-0.25, -0.2) is 4.79 Å². The summed E-state index contributed by atoms with van der Waals surface area (Å²) in [6.45, 7) is 11.8. The Hall–Kier alpha value is -2.24. The van der Waals surface area contributed by atoms with Gasteiger partial charge in [-0.1, -0.05) is 12.1 Å². The summed E-state index contributed by atoms with van der Waals surface area (Å²) in [5.41, 5.74) is 2.89. The van der Waals surface area contributed by atoms with E-state index in [0.29, 0.717) is 6.61 Å². The Balaban J connectivity index is 1.95. The van der Waals surface area contributed by atoms with Gasteiger partial charge in [0.15, 0.2) is 0 Å². The van der Waals surface area contributed by atoms with Gasteiger partial charge < -0.3 is 20.7 Å². The van der Waals surface area contributed by atoms with Crippen molar-refractivity contribution in [1.82, 2.24) is 16.0 Å². The van der Waals surface area contributed by atoms with E-state index in [1.165, 1.54) is 0 Å². The number of ether oxygens (including phenoxy) is 1. The summed E-state index contributed by atoms with van der Waals surface area (Å²) in [6.07, 6.45) is 0. The second-order valence-corrected chi connectivity index (χ2v) is 7.37. The minimum Gasteiger partial charge on any atom is -0.490 e. The molecule has 1 aliphatic rings. The first-order chi connectivity index (χ1) is 11.1. The first-order valence-corrected chi connectivity index (χ1v) is 8.20. The van der Waals surface area contributed by atoms with Gasteiger partial charge in [0.2, 0.25) is 5.91 Å². The maximum atomic E-state index is 12.2. The van der Waals surface area contributed by atoms with E-state index in [1.54, 1.807) is 6.92 Å². The highest BCUT2D eigenvalue weighted by molar-refractivity contribution is 5.87. The van der Waals surface area contributed by atoms with E-state index in [4.69, 9.17) is 4.74 Å². The molecule has 1 aromatic rings. The third-order valence-electron chi connectivity index (χ3n) is 4.02. The fourth-order valence-electron chi connectivity index (χ4n) is 2.59. The zero-order chi connectivity index (χ0) is 18.1. The lowest BCUT2D eigenvalue weighted by molar-refractivity contribution is -0.123. The normalized spacial score (nSPS) is 17.5. The van der Waals surface area contributed by atoms with Crippen LogP contribution in [0.1, 0.15) is 50.4 Å². The molecule has 0 bridgehead atoms. The first-order valence-electron chi connectivity index (χ1n) is 8.20. The van der Waals surface area contributed by atoms with Gasteiger partial charge in [-0.2, -0.15) is 0 Å². The SMILES string of the molecule is Cc1ccc2c(c1C)OC[C@H]2NC(=O)N[C@H](C)C(=O)NC(C)(C)C. The number of carbonyl (C=O) groups is 2. The molecule has 0 saturated heterocycles. The van der Waals surface area contributed by atoms with Gasteiger partial charge in [-0.3, -0.25) is 4.79 Å². The van der Waals surface area contributed by atoms with Gasteiger partial charge in [-0.15, -0.1) is 0 Å². The lowest BCUT2D eigenvalue weighted by Crippen LogP contribution is -2.53. The van der Waals surface area contributed by atoms with Crippen molar-refractivity contribution in [2.45, 2.75) is 59.2 Å². The fraction of sp³-hybridized carbons (Fsp3) is 0.556. The molecule has 24 heavy (non-hydrogen) atoms. The number of fused-ring (bicyclic) bond motifs is 1. The van der Waals surface area contributed by atoms with Gasteiger partial charge >= 0.3 is 6.03 Å². The predicted octanol–water partition coefficient (Wildman–Crippen LogP) is 2.34. The third-order valence-corrected chi connectivity index (χ3v) is 4.02. The van der Waals surface area contributed by atoms with Crippen LogP contribution in [-0.4, -0.2) is 30.1 Å². The first kappa shape index (κ1) is 18.1. The molecule has 6 heteroatoms. The number of carbonyl (C=O) groups excluding carboxylic acids is 2. The highest BCUT2D eigenvalue weighted by Gasteiger charge is 2.28. The van der Waals surface area contributed by atoms with E-state index in [9.17, 15) is 9.59 Å². The standard InChI is InChI=1S/C18H27N3O3/c1-10-7-8-13-14(9-24-15(13)11(10)2)20-17(23)19-12(3)16(22)21-18(4,5)6/h7-8,12,14H,9H2,1-6H3,(H,21,22)(H2,19,20,23)/t12-,14-/m1/s1. The van der Waals surface area contributed by atoms with E-state index >= 15 is 0 Å². The molecule has 0 aliphatic carbocycles. The highest BCUT2D eigenvalue weighted by Crippen LogP contribution is 2.36. The number of amides is 3. The van der Waals surface area contributed by atoms with E-state index in [2.05, 4.69) is 16.0 Å². The van der Waals surface area contributed by atoms with E-state index in [-0.39, 0.29) is 23.5 Å². The minimum absolute atomic E-state index is 0.211. The van der Waals surface area contributed by atoms with Crippen molar-refractivity contribution >= 4 is 11.9 Å². The summed E-state index contributed by atoms with van der Waals surface area (Å²) in [6, 6.07) is 2.79. The van der Waals surface area contributed by atoms with Crippen molar-refractivity contribution in [3.05, 3.63) is 28.8 Å². The monoisotopic (exact) mass is 333 g/mol. The number of nitrogens with one attached hydrogen (secondary N) is 3. The van der Waals surface area contributed by atoms with Crippen molar-refractivity contribution in [3.63, 3.8) is 0 Å². The molecule has 0 aromatic heterocycles. The van der Waals surface area contributed by atoms with Crippen LogP contribution in [0.15, 0.2) is 12.1 Å². The molecule has 0 spiro atoms. The summed E-state index contributed by atoms with van der Waals surface area (Å²) >= 11 is 0. The number of aryl methyl sites for hydroxylation is 1. The molecule has 2 atom stereocenters. The van der Waals surface area contributed by atoms with Gasteiger partial charge in [0, 0.05) is 11.1 Å². The number of hydrogen-bond donors (Lipinski definition) is 3. The highest BCUT2D eigenvalue weighted by atomic mass is 16.5. The van der Waals surface area contributed by atoms with Gasteiger partial charge in [-0.05, 0) is 52.7 Å². The number of benzene rings is 1. The molecular formula is C18H27N3O3. The molecule has 3 N–H and O–H groups in total. The number of rotatable bonds is 3. The Morgan fingerprint density at radius 3 is 2.54 bits per heavy atom. The van der Waals surface area contributed by atoms with Crippen LogP contribution in [0.4, 0.5) is 4.79 Å². The summed E-state index contributed by atoms with van der Waals surface area (Å²) in [5.74, 6) is 0.631. The fourth-order valence-corrected chi connectivity index (χ4v) is 2.59. The topological polar surface area (TPSA) is 79.5 Å². The zero-order valence-corrected chi connectivity index (χ0v) is 15.2. The Labute approximate surface area is 143 Å². The van der Waals surface area contributed by atoms with Crippen LogP contribution in [0.25, 0.3) is 0 Å². The van der Waals surface area contributed by atoms with Crippen molar-refractivity contribution in [2.75, 3.05) is 6.61 Å². The van der Waals surface area contributed by atoms with Gasteiger partial charge in [0.1, 0.15) is 18.4 Å². The van der Waals surface area contributed by atoms with Crippen LogP contribution in [0.5, 0.6) is 5.75 Å². The maximum Gasteiger partial charge on any atom is 0.316 e. The molecule has 3 amide bonds. The zero-order valence-electron chi connectivity index (χ0n) is 15.2. The molecule has 0 radical (unpaired) electrons. The molecule has 2 rings (SSSR count). The smallest absolute Gasteiger partial charge is 0.316 e. The van der Waals surface area contributed by atoms with Crippen LogP contribution in [-0.2, 0) is 4.79 Å². The summed E-state index contributed by atoms with van der Waals surface area (Å²) < 4.78 is 5.72. The van der Waals surface area contributed by atoms with Crippen LogP contribution in [0.3, 0.4) is 0 Å². The van der Waals surface area contributed by atoms with Crippen LogP contribution < -0.4 is 20.7 Å². The average Bonchev–Trinajstić information content (AvgIpc) is 2.84. The summed E-state index contributed by atoms with van der Waals surface area (Å²) in [4.78, 5) is 24.2. The average molecular weight is 333 g/mol. The molecule has 6 nitrogen and oxygen atoms in total. The van der Waals surface area contributed by atoms with Crippen molar-refractivity contribution in [3.8, 4) is 5.75 Å². The van der Waals surface area contributed by atoms with Crippen molar-refractivity contribution in [2.24, 2.45) is 0 Å². The minimum atomic E-state index is -0.620. The summed E-state index contributed by atoms with van der Waals surface area (Å²) in [5, 5.41) is 8.38. The molecule has 1 heterocycles. The second kappa shape index (κ2) is 6.71. The Morgan fingerprint density at radius 1 is 1.25 bits per heavy atom. The second-order valence-electron chi connectivity index (χ2n) is 7.37. The van der Waals surface area contributed by atoms with Crippen molar-refractivity contribution in [1.29, 1.82) is 0 Å². The molecule has 132 valence electrons. The molecule has 0 fully saturated rings. The molecular weight excluding hydrogens is 306 g/mol. The lowest BCUT2D eigenvalue weighted by atomic mass is 10.0. The van der Waals surface area contributed by atoms with Crippen LogP contribution in [0, 0.1) is 13.8 Å². The van der Waals surface area contributed by atoms with E-state index < -0.39 is 6.04 Å². The Kier molecular flexibility index (Phi) is 5.06. The third kappa shape index (κ3) is 4.19. The molecule has 1 aromatic carbocycles. The number of urea groups is 1. The number of hydrogen-bond acceptors (Lipinski definition) is 3. The molecule has 0 unspecified atom stereocenters. The van der Waals surface area contributed by atoms with Crippen LogP contribution >= 0.6 is 0 Å². The summed E-state index contributed by atoms with van der Waals surface area (Å²) in [7, 11) is 0. The molecule has 0 saturated carbocycles. The van der Waals surface area contributed by atoms with Crippen LogP contribution in [0.2, 0.25) is 0 Å². The predicted molar refractivity (Wildman–Crippen MR) is 93.2 cm³/mol. The van der Waals surface area contributed by atoms with E-state index in [0.717, 1.165) is 22.4 Å². The molecule has 1 aliphatic heterocycles. The van der Waals surface area contributed by atoms with Gasteiger partial charge in [0.25, 0.3) is 0 Å². The quantitative estimate of drug-likeness (QED) is 0.794. The lowest BCUT2D eigenvalue weighted by Gasteiger charge is -2.24. The van der Waals surface area contributed by atoms with Gasteiger partial charge in [0.05, 0.1) is 6.04 Å². The Morgan fingerprint density at radius 2 is 1.92 bits per heavy atom. The van der Waals surface area contributed by atoms with Crippen molar-refractivity contribution < 1.29 is 14.3 Å². The maximum absolute atomic E-state index is 12.2. The Bertz CT molecular complexity index is 650. The largest absolute Gasteiger partial charge is 0.490 e. The van der Waals surface area contributed by atoms with E-state index in [1.807, 2.05) is 46.8 Å².